The molecule has 0 radical (unpaired) electrons. The Balaban J connectivity index is 2.45. The van der Waals surface area contributed by atoms with E-state index in [4.69, 9.17) is 5.11 Å². The van der Waals surface area contributed by atoms with E-state index in [1.165, 1.54) is 41.8 Å². The van der Waals surface area contributed by atoms with Crippen molar-refractivity contribution in [3.8, 4) is 0 Å². The summed E-state index contributed by atoms with van der Waals surface area (Å²) in [5.41, 5.74) is -0.214. The zero-order chi connectivity index (χ0) is 13.2. The predicted molar refractivity (Wildman–Crippen MR) is 66.4 cm³/mol. The average molecular weight is 283 g/mol. The Morgan fingerprint density at radius 3 is 2.67 bits per heavy atom. The monoisotopic (exact) mass is 283 g/mol. The molecule has 0 unspecified atom stereocenters. The number of aromatic carboxylic acids is 1. The standard InChI is InChI=1S/C11H9NO4S2/c13-11(14)8-3-1-2-4-9(8)18(15,16)7-10-12-5-6-17-10/h1-6H,7H2,(H,13,14). The molecule has 2 aromatic rings. The zero-order valence-electron chi connectivity index (χ0n) is 9.11. The number of hydrogen-bond donors (Lipinski definition) is 1. The Morgan fingerprint density at radius 1 is 1.33 bits per heavy atom. The molecule has 0 saturated carbocycles. The van der Waals surface area contributed by atoms with Gasteiger partial charge in [0.05, 0.1) is 10.5 Å². The quantitative estimate of drug-likeness (QED) is 0.925. The van der Waals surface area contributed by atoms with Gasteiger partial charge in [-0.2, -0.15) is 0 Å². The van der Waals surface area contributed by atoms with E-state index in [1.807, 2.05) is 0 Å². The fraction of sp³-hybridized carbons (Fsp3) is 0.0909. The Bertz CT molecular complexity index is 662. The molecule has 2 rings (SSSR count). The largest absolute Gasteiger partial charge is 0.478 e. The van der Waals surface area contributed by atoms with Crippen molar-refractivity contribution in [1.29, 1.82) is 0 Å². The van der Waals surface area contributed by atoms with Crippen molar-refractivity contribution in [1.82, 2.24) is 4.98 Å². The molecule has 1 aromatic carbocycles. The number of carboxylic acid groups (broad SMARTS) is 1. The maximum atomic E-state index is 12.1. The molecule has 7 heteroatoms. The first-order chi connectivity index (χ1) is 8.50. The molecule has 1 aromatic heterocycles. The van der Waals surface area contributed by atoms with Gasteiger partial charge in [0.25, 0.3) is 0 Å². The molecule has 0 aliphatic carbocycles. The van der Waals surface area contributed by atoms with Crippen molar-refractivity contribution in [2.24, 2.45) is 0 Å². The lowest BCUT2D eigenvalue weighted by Gasteiger charge is -2.05. The maximum absolute atomic E-state index is 12.1. The van der Waals surface area contributed by atoms with Crippen LogP contribution in [0.2, 0.25) is 0 Å². The molecule has 18 heavy (non-hydrogen) atoms. The Hall–Kier alpha value is -1.73. The van der Waals surface area contributed by atoms with Gasteiger partial charge in [0.2, 0.25) is 0 Å². The van der Waals surface area contributed by atoms with Crippen LogP contribution >= 0.6 is 11.3 Å². The van der Waals surface area contributed by atoms with E-state index in [0.717, 1.165) is 0 Å². The van der Waals surface area contributed by atoms with Crippen LogP contribution in [0.1, 0.15) is 15.4 Å². The minimum absolute atomic E-state index is 0.173. The van der Waals surface area contributed by atoms with E-state index >= 15 is 0 Å². The topological polar surface area (TPSA) is 84.3 Å². The van der Waals surface area contributed by atoms with Gasteiger partial charge in [-0.1, -0.05) is 12.1 Å². The van der Waals surface area contributed by atoms with E-state index in [-0.39, 0.29) is 16.2 Å². The lowest BCUT2D eigenvalue weighted by atomic mass is 10.2. The Morgan fingerprint density at radius 2 is 2.06 bits per heavy atom. The fourth-order valence-corrected chi connectivity index (χ4v) is 3.95. The summed E-state index contributed by atoms with van der Waals surface area (Å²) in [6.45, 7) is 0. The van der Waals surface area contributed by atoms with E-state index in [2.05, 4.69) is 4.98 Å². The molecule has 0 aliphatic heterocycles. The highest BCUT2D eigenvalue weighted by molar-refractivity contribution is 7.90. The van der Waals surface area contributed by atoms with Gasteiger partial charge in [0, 0.05) is 11.6 Å². The first-order valence-corrected chi connectivity index (χ1v) is 7.47. The third kappa shape index (κ3) is 2.57. The number of benzene rings is 1. The molecular formula is C11H9NO4S2. The minimum atomic E-state index is -3.69. The van der Waals surface area contributed by atoms with Crippen LogP contribution in [0.5, 0.6) is 0 Å². The summed E-state index contributed by atoms with van der Waals surface area (Å²) >= 11 is 1.22. The number of carbonyl (C=O) groups is 1. The second-order valence-corrected chi connectivity index (χ2v) is 6.42. The highest BCUT2D eigenvalue weighted by atomic mass is 32.2. The molecule has 0 amide bonds. The van der Waals surface area contributed by atoms with Gasteiger partial charge in [-0.3, -0.25) is 0 Å². The molecule has 0 bridgehead atoms. The molecule has 0 fully saturated rings. The van der Waals surface area contributed by atoms with Crippen LogP contribution in [0.3, 0.4) is 0 Å². The van der Waals surface area contributed by atoms with Crippen LogP contribution < -0.4 is 0 Å². The molecule has 0 atom stereocenters. The van der Waals surface area contributed by atoms with Gasteiger partial charge in [0.15, 0.2) is 9.84 Å². The van der Waals surface area contributed by atoms with Gasteiger partial charge in [-0.15, -0.1) is 11.3 Å². The van der Waals surface area contributed by atoms with Gasteiger partial charge >= 0.3 is 5.97 Å². The van der Waals surface area contributed by atoms with Crippen molar-refractivity contribution in [3.63, 3.8) is 0 Å². The number of sulfone groups is 1. The summed E-state index contributed by atoms with van der Waals surface area (Å²) in [7, 11) is -3.69. The van der Waals surface area contributed by atoms with Crippen LogP contribution in [-0.2, 0) is 15.6 Å². The van der Waals surface area contributed by atoms with Crippen LogP contribution in [0.4, 0.5) is 0 Å². The smallest absolute Gasteiger partial charge is 0.337 e. The van der Waals surface area contributed by atoms with Crippen molar-refractivity contribution in [2.75, 3.05) is 0 Å². The molecule has 5 nitrogen and oxygen atoms in total. The lowest BCUT2D eigenvalue weighted by Crippen LogP contribution is -2.11. The normalized spacial score (nSPS) is 11.3. The molecule has 1 heterocycles. The molecule has 94 valence electrons. The molecule has 0 spiro atoms. The number of aromatic nitrogens is 1. The number of carboxylic acids is 1. The SMILES string of the molecule is O=C(O)c1ccccc1S(=O)(=O)Cc1nccs1. The maximum Gasteiger partial charge on any atom is 0.337 e. The van der Waals surface area contributed by atoms with Gasteiger partial charge < -0.3 is 5.11 Å². The van der Waals surface area contributed by atoms with Crippen molar-refractivity contribution in [2.45, 2.75) is 10.6 Å². The Labute approximate surface area is 108 Å². The lowest BCUT2D eigenvalue weighted by molar-refractivity contribution is 0.0692. The number of nitrogens with zero attached hydrogens (tertiary/aromatic N) is 1. The average Bonchev–Trinajstić information content (AvgIpc) is 2.81. The third-order valence-corrected chi connectivity index (χ3v) is 4.89. The number of thiazole rings is 1. The van der Waals surface area contributed by atoms with Gasteiger partial charge in [-0.25, -0.2) is 18.2 Å². The van der Waals surface area contributed by atoms with Gasteiger partial charge in [-0.05, 0) is 12.1 Å². The highest BCUT2D eigenvalue weighted by Gasteiger charge is 2.23. The molecular weight excluding hydrogens is 274 g/mol. The van der Waals surface area contributed by atoms with Gasteiger partial charge in [0.1, 0.15) is 10.8 Å². The Kier molecular flexibility index (Phi) is 3.44. The van der Waals surface area contributed by atoms with E-state index in [9.17, 15) is 13.2 Å². The summed E-state index contributed by atoms with van der Waals surface area (Å²) in [6, 6.07) is 5.57. The molecule has 0 saturated heterocycles. The van der Waals surface area contributed by atoms with E-state index in [1.54, 1.807) is 5.38 Å². The second kappa shape index (κ2) is 4.87. The summed E-state index contributed by atoms with van der Waals surface area (Å²) in [5.74, 6) is -1.54. The summed E-state index contributed by atoms with van der Waals surface area (Å²) in [6.07, 6.45) is 1.51. The van der Waals surface area contributed by atoms with Crippen LogP contribution in [0.15, 0.2) is 40.7 Å². The highest BCUT2D eigenvalue weighted by Crippen LogP contribution is 2.21. The summed E-state index contributed by atoms with van der Waals surface area (Å²) in [5, 5.41) is 11.1. The summed E-state index contributed by atoms with van der Waals surface area (Å²) in [4.78, 5) is 14.7. The molecule has 0 aliphatic rings. The minimum Gasteiger partial charge on any atom is -0.478 e. The van der Waals surface area contributed by atoms with E-state index in [0.29, 0.717) is 5.01 Å². The predicted octanol–water partition coefficient (Wildman–Crippen LogP) is 1.82. The van der Waals surface area contributed by atoms with Crippen molar-refractivity contribution >= 4 is 27.1 Å². The van der Waals surface area contributed by atoms with Crippen LogP contribution in [0, 0.1) is 0 Å². The van der Waals surface area contributed by atoms with E-state index < -0.39 is 15.8 Å². The van der Waals surface area contributed by atoms with Crippen molar-refractivity contribution in [3.05, 3.63) is 46.4 Å². The third-order valence-electron chi connectivity index (χ3n) is 2.25. The fourth-order valence-electron chi connectivity index (χ4n) is 1.48. The first-order valence-electron chi connectivity index (χ1n) is 4.94. The van der Waals surface area contributed by atoms with Crippen LogP contribution in [0.25, 0.3) is 0 Å². The van der Waals surface area contributed by atoms with Crippen molar-refractivity contribution < 1.29 is 18.3 Å². The van der Waals surface area contributed by atoms with Crippen LogP contribution in [-0.4, -0.2) is 24.5 Å². The number of hydrogen-bond acceptors (Lipinski definition) is 5. The second-order valence-electron chi connectivity index (χ2n) is 3.49. The molecule has 1 N–H and O–H groups in total. The zero-order valence-corrected chi connectivity index (χ0v) is 10.7. The number of rotatable bonds is 4. The first kappa shape index (κ1) is 12.7. The summed E-state index contributed by atoms with van der Waals surface area (Å²) < 4.78 is 24.3.